The maximum Gasteiger partial charge on any atom is 0.316 e. The number of pyridine rings is 1. The molecule has 3 aliphatic rings. The molecular formula is C39H47F2N5O2Si. The SMILES string of the molecule is CC(C)[Si](C#Cc1c(F)ccc2cc(O)cc(-c3cc4nc(OC[C@@]56CCCN5C[C@H](F)C6)ncc4c(N4CCC4)n3)c12)(C(C)C)C(C)C. The van der Waals surface area contributed by atoms with E-state index in [1.165, 1.54) is 6.07 Å². The molecule has 0 bridgehead atoms. The minimum atomic E-state index is -2.18. The highest BCUT2D eigenvalue weighted by atomic mass is 28.3. The van der Waals surface area contributed by atoms with Crippen molar-refractivity contribution >= 4 is 35.6 Å². The van der Waals surface area contributed by atoms with Crippen LogP contribution in [0.5, 0.6) is 11.8 Å². The second-order valence-electron chi connectivity index (χ2n) is 15.3. The Kier molecular flexibility index (Phi) is 8.81. The molecule has 2 atom stereocenters. The molecule has 0 saturated carbocycles. The van der Waals surface area contributed by atoms with E-state index in [2.05, 4.69) is 67.8 Å². The number of nitrogens with zero attached hydrogens (tertiary/aromatic N) is 5. The summed E-state index contributed by atoms with van der Waals surface area (Å²) in [4.78, 5) is 18.9. The second-order valence-corrected chi connectivity index (χ2v) is 20.9. The summed E-state index contributed by atoms with van der Waals surface area (Å²) in [6, 6.07) is 8.54. The third-order valence-corrected chi connectivity index (χ3v) is 17.8. The van der Waals surface area contributed by atoms with E-state index in [9.17, 15) is 9.50 Å². The van der Waals surface area contributed by atoms with Crippen molar-refractivity contribution in [3.05, 3.63) is 47.9 Å². The number of halogens is 2. The van der Waals surface area contributed by atoms with Crippen molar-refractivity contribution < 1.29 is 18.6 Å². The summed E-state index contributed by atoms with van der Waals surface area (Å²) in [6.45, 7) is 16.9. The van der Waals surface area contributed by atoms with Gasteiger partial charge in [-0.1, -0.05) is 53.5 Å². The molecule has 10 heteroatoms. The lowest BCUT2D eigenvalue weighted by atomic mass is 9.95. The molecule has 2 aromatic heterocycles. The Morgan fingerprint density at radius 1 is 1.02 bits per heavy atom. The quantitative estimate of drug-likeness (QED) is 0.148. The van der Waals surface area contributed by atoms with E-state index < -0.39 is 20.1 Å². The number of hydrogen-bond acceptors (Lipinski definition) is 7. The van der Waals surface area contributed by atoms with Crippen LogP contribution in [0.4, 0.5) is 14.6 Å². The first-order chi connectivity index (χ1) is 23.4. The first-order valence-corrected chi connectivity index (χ1v) is 20.1. The van der Waals surface area contributed by atoms with E-state index in [-0.39, 0.29) is 17.3 Å². The van der Waals surface area contributed by atoms with Gasteiger partial charge in [-0.05, 0) is 72.1 Å². The molecule has 2 aromatic carbocycles. The van der Waals surface area contributed by atoms with Crippen molar-refractivity contribution in [3.8, 4) is 34.5 Å². The van der Waals surface area contributed by atoms with Crippen LogP contribution in [0, 0.1) is 17.3 Å². The Morgan fingerprint density at radius 3 is 2.47 bits per heavy atom. The van der Waals surface area contributed by atoms with Gasteiger partial charge in [0, 0.05) is 43.2 Å². The van der Waals surface area contributed by atoms with Crippen LogP contribution < -0.4 is 9.64 Å². The van der Waals surface area contributed by atoms with Crippen molar-refractivity contribution in [2.24, 2.45) is 0 Å². The molecule has 7 nitrogen and oxygen atoms in total. The summed E-state index contributed by atoms with van der Waals surface area (Å²) in [6.07, 6.45) is 4.36. The van der Waals surface area contributed by atoms with E-state index in [1.54, 1.807) is 24.4 Å². The predicted molar refractivity (Wildman–Crippen MR) is 195 cm³/mol. The molecule has 258 valence electrons. The number of aromatic nitrogens is 3. The van der Waals surface area contributed by atoms with E-state index >= 15 is 4.39 Å². The topological polar surface area (TPSA) is 74.6 Å². The molecule has 3 aliphatic heterocycles. The largest absolute Gasteiger partial charge is 0.508 e. The molecule has 0 radical (unpaired) electrons. The summed E-state index contributed by atoms with van der Waals surface area (Å²) in [5.74, 6) is 3.79. The monoisotopic (exact) mass is 683 g/mol. The predicted octanol–water partition coefficient (Wildman–Crippen LogP) is 8.42. The van der Waals surface area contributed by atoms with Crippen LogP contribution in [0.15, 0.2) is 36.5 Å². The zero-order valence-electron chi connectivity index (χ0n) is 29.5. The van der Waals surface area contributed by atoms with Crippen LogP contribution in [0.3, 0.4) is 0 Å². The number of rotatable bonds is 8. The van der Waals surface area contributed by atoms with Crippen LogP contribution in [-0.4, -0.2) is 77.5 Å². The van der Waals surface area contributed by atoms with Gasteiger partial charge in [0.2, 0.25) is 0 Å². The van der Waals surface area contributed by atoms with Gasteiger partial charge in [-0.3, -0.25) is 4.90 Å². The number of phenols is 1. The lowest BCUT2D eigenvalue weighted by Gasteiger charge is -2.38. The van der Waals surface area contributed by atoms with Crippen LogP contribution in [0.25, 0.3) is 32.9 Å². The number of fused-ring (bicyclic) bond motifs is 3. The summed E-state index contributed by atoms with van der Waals surface area (Å²) in [5.41, 5.74) is 6.69. The summed E-state index contributed by atoms with van der Waals surface area (Å²) >= 11 is 0. The standard InChI is InChI=1S/C39H47F2N5O2Si/c1-24(2)49(25(3)4,26(5)6)16-11-30-33(41)10-9-27-17-29(47)18-31(36(27)30)34-19-35-32(37(43-34)45-13-8-14-45)21-42-38(44-35)48-23-39-12-7-15-46(39)22-28(40)20-39/h9-10,17-19,21,24-26,28,47H,7-8,12-15,20,22-23H2,1-6H3/t28-,39+/m1/s1. The van der Waals surface area contributed by atoms with Crippen molar-refractivity contribution in [2.75, 3.05) is 37.7 Å². The molecule has 3 fully saturated rings. The first-order valence-electron chi connectivity index (χ1n) is 17.9. The molecule has 0 aliphatic carbocycles. The van der Waals surface area contributed by atoms with Gasteiger partial charge >= 0.3 is 6.01 Å². The molecular weight excluding hydrogens is 637 g/mol. The zero-order valence-corrected chi connectivity index (χ0v) is 30.5. The highest BCUT2D eigenvalue weighted by Crippen LogP contribution is 2.43. The van der Waals surface area contributed by atoms with Gasteiger partial charge in [0.25, 0.3) is 0 Å². The summed E-state index contributed by atoms with van der Waals surface area (Å²) < 4.78 is 36.6. The number of aromatic hydroxyl groups is 1. The van der Waals surface area contributed by atoms with E-state index in [1.807, 2.05) is 6.07 Å². The molecule has 49 heavy (non-hydrogen) atoms. The average molecular weight is 684 g/mol. The summed E-state index contributed by atoms with van der Waals surface area (Å²) in [7, 11) is -2.18. The fourth-order valence-electron chi connectivity index (χ4n) is 8.97. The minimum absolute atomic E-state index is 0.0606. The maximum atomic E-state index is 16.0. The van der Waals surface area contributed by atoms with Gasteiger partial charge in [-0.25, -0.2) is 18.7 Å². The van der Waals surface area contributed by atoms with Gasteiger partial charge in [-0.15, -0.1) is 5.54 Å². The third kappa shape index (κ3) is 5.83. The number of phenolic OH excluding ortho intramolecular Hbond substituents is 1. The van der Waals surface area contributed by atoms with Crippen molar-refractivity contribution in [1.29, 1.82) is 0 Å². The molecule has 4 aromatic rings. The van der Waals surface area contributed by atoms with Crippen LogP contribution >= 0.6 is 0 Å². The normalized spacial score (nSPS) is 21.1. The van der Waals surface area contributed by atoms with Crippen LogP contribution in [0.1, 0.15) is 72.8 Å². The highest BCUT2D eigenvalue weighted by Gasteiger charge is 2.49. The smallest absolute Gasteiger partial charge is 0.316 e. The molecule has 1 N–H and O–H groups in total. The fourth-order valence-corrected chi connectivity index (χ4v) is 14.2. The van der Waals surface area contributed by atoms with Crippen LogP contribution in [0.2, 0.25) is 16.6 Å². The van der Waals surface area contributed by atoms with E-state index in [0.29, 0.717) is 69.3 Å². The van der Waals surface area contributed by atoms with E-state index in [0.717, 1.165) is 50.1 Å². The second kappa shape index (κ2) is 12.8. The van der Waals surface area contributed by atoms with Crippen molar-refractivity contribution in [1.82, 2.24) is 19.9 Å². The van der Waals surface area contributed by atoms with Gasteiger partial charge < -0.3 is 14.7 Å². The lowest BCUT2D eigenvalue weighted by Crippen LogP contribution is -2.43. The Balaban J connectivity index is 1.37. The molecule has 0 amide bonds. The number of ether oxygens (including phenoxy) is 1. The van der Waals surface area contributed by atoms with E-state index in [4.69, 9.17) is 14.7 Å². The average Bonchev–Trinajstić information content (AvgIpc) is 3.55. The number of alkyl halides is 1. The van der Waals surface area contributed by atoms with Gasteiger partial charge in [0.1, 0.15) is 38.2 Å². The Morgan fingerprint density at radius 2 is 1.78 bits per heavy atom. The number of benzene rings is 2. The van der Waals surface area contributed by atoms with Crippen LogP contribution in [-0.2, 0) is 0 Å². The number of anilines is 1. The highest BCUT2D eigenvalue weighted by molar-refractivity contribution is 6.90. The molecule has 7 rings (SSSR count). The molecule has 0 unspecified atom stereocenters. The lowest BCUT2D eigenvalue weighted by molar-refractivity contribution is 0.107. The number of hydrogen-bond donors (Lipinski definition) is 1. The fraction of sp³-hybridized carbons (Fsp3) is 0.513. The Labute approximate surface area is 289 Å². The Bertz CT molecular complexity index is 1950. The Hall–Kier alpha value is -3.81. The van der Waals surface area contributed by atoms with Gasteiger partial charge in [0.15, 0.2) is 0 Å². The van der Waals surface area contributed by atoms with Crippen molar-refractivity contribution in [2.45, 2.75) is 95.6 Å². The minimum Gasteiger partial charge on any atom is -0.508 e. The van der Waals surface area contributed by atoms with Crippen molar-refractivity contribution in [3.63, 3.8) is 0 Å². The van der Waals surface area contributed by atoms with Gasteiger partial charge in [0.05, 0.1) is 27.7 Å². The molecule has 0 spiro atoms. The molecule has 5 heterocycles. The third-order valence-electron chi connectivity index (χ3n) is 11.5. The zero-order chi connectivity index (χ0) is 34.7. The maximum absolute atomic E-state index is 16.0. The summed E-state index contributed by atoms with van der Waals surface area (Å²) in [5, 5.41) is 13.0. The van der Waals surface area contributed by atoms with Gasteiger partial charge in [-0.2, -0.15) is 4.98 Å². The molecule has 3 saturated heterocycles. The first kappa shape index (κ1) is 33.7.